The number of carbonyl (C=O) groups excluding carboxylic acids is 3. The highest BCUT2D eigenvalue weighted by molar-refractivity contribution is 9.10. The number of carbonyl (C=O) groups is 4. The molecule has 2 aromatic rings. The lowest BCUT2D eigenvalue weighted by Crippen LogP contribution is -2.56. The first-order valence-corrected chi connectivity index (χ1v) is 22.5. The van der Waals surface area contributed by atoms with Crippen LogP contribution in [0.25, 0.3) is 0 Å². The molecule has 2 unspecified atom stereocenters. The average molecular weight is 992 g/mol. The molecule has 0 radical (unpaired) electrons. The molecule has 0 bridgehead atoms. The Balaban J connectivity index is 0.000000261. The van der Waals surface area contributed by atoms with E-state index in [2.05, 4.69) is 51.0 Å². The van der Waals surface area contributed by atoms with Crippen LogP contribution in [0.2, 0.25) is 10.0 Å². The average Bonchev–Trinajstić information content (AvgIpc) is 3.04. The Morgan fingerprint density at radius 1 is 0.831 bits per heavy atom. The fraction of sp³-hybridized carbons (Fsp3) is 0.628. The minimum atomic E-state index is -1.01. The van der Waals surface area contributed by atoms with E-state index in [-0.39, 0.29) is 41.8 Å². The zero-order valence-electron chi connectivity index (χ0n) is 35.8. The highest BCUT2D eigenvalue weighted by Crippen LogP contribution is 2.40. The maximum absolute atomic E-state index is 13.3. The molecule has 0 spiro atoms. The summed E-state index contributed by atoms with van der Waals surface area (Å²) in [6.45, 7) is 22.9. The van der Waals surface area contributed by atoms with Crippen LogP contribution >= 0.6 is 55.1 Å². The molecule has 2 aromatic carbocycles. The van der Waals surface area contributed by atoms with Gasteiger partial charge in [0.05, 0.1) is 15.7 Å². The van der Waals surface area contributed by atoms with Crippen molar-refractivity contribution in [1.29, 1.82) is 0 Å². The van der Waals surface area contributed by atoms with Gasteiger partial charge in [0.25, 0.3) is 0 Å². The normalized spacial score (nSPS) is 17.7. The summed E-state index contributed by atoms with van der Waals surface area (Å²) in [4.78, 5) is 54.4. The van der Waals surface area contributed by atoms with Crippen molar-refractivity contribution in [1.82, 2.24) is 9.80 Å². The van der Waals surface area contributed by atoms with Gasteiger partial charge in [-0.05, 0) is 134 Å². The molecule has 3 heterocycles. The van der Waals surface area contributed by atoms with Gasteiger partial charge in [0.15, 0.2) is 6.10 Å². The predicted octanol–water partition coefficient (Wildman–Crippen LogP) is 10.8. The van der Waals surface area contributed by atoms with Crippen LogP contribution in [0.4, 0.5) is 21.0 Å². The second-order valence-electron chi connectivity index (χ2n) is 18.6. The van der Waals surface area contributed by atoms with Gasteiger partial charge >= 0.3 is 18.2 Å². The van der Waals surface area contributed by atoms with Crippen molar-refractivity contribution in [3.8, 4) is 5.75 Å². The topological polar surface area (TPSA) is 138 Å². The Morgan fingerprint density at radius 2 is 1.36 bits per heavy atom. The van der Waals surface area contributed by atoms with E-state index in [0.717, 1.165) is 28.6 Å². The summed E-state index contributed by atoms with van der Waals surface area (Å²) in [5.41, 5.74) is 1.65. The third kappa shape index (κ3) is 14.3. The molecule has 2 fully saturated rings. The minimum Gasteiger partial charge on any atom is -0.479 e. The number of likely N-dealkylation sites (tertiary alicyclic amines) is 2. The third-order valence-electron chi connectivity index (χ3n) is 9.74. The monoisotopic (exact) mass is 988 g/mol. The molecule has 3 aliphatic rings. The summed E-state index contributed by atoms with van der Waals surface area (Å²) in [5.74, 6) is 0.674. The number of hydrogen-bond acceptors (Lipinski definition) is 8. The molecule has 16 heteroatoms. The van der Waals surface area contributed by atoms with Gasteiger partial charge in [-0.2, -0.15) is 0 Å². The Morgan fingerprint density at radius 3 is 1.86 bits per heavy atom. The summed E-state index contributed by atoms with van der Waals surface area (Å²) in [7, 11) is 0. The van der Waals surface area contributed by atoms with Crippen LogP contribution in [-0.2, 0) is 25.5 Å². The molecule has 5 rings (SSSR count). The van der Waals surface area contributed by atoms with E-state index in [4.69, 9.17) is 37.4 Å². The Hall–Kier alpha value is -2.94. The van der Waals surface area contributed by atoms with Crippen molar-refractivity contribution in [3.63, 3.8) is 0 Å². The molecule has 0 saturated carbocycles. The molecule has 12 nitrogen and oxygen atoms in total. The highest BCUT2D eigenvalue weighted by atomic mass is 79.9. The van der Waals surface area contributed by atoms with Crippen LogP contribution in [0.15, 0.2) is 33.2 Å². The van der Waals surface area contributed by atoms with Crippen LogP contribution in [-0.4, -0.2) is 95.5 Å². The van der Waals surface area contributed by atoms with E-state index in [9.17, 15) is 24.3 Å². The fourth-order valence-corrected chi connectivity index (χ4v) is 8.05. The summed E-state index contributed by atoms with van der Waals surface area (Å²) < 4.78 is 18.1. The molecule has 2 atom stereocenters. The van der Waals surface area contributed by atoms with Crippen molar-refractivity contribution < 1.29 is 38.5 Å². The quantitative estimate of drug-likeness (QED) is 0.213. The van der Waals surface area contributed by atoms with Crippen LogP contribution in [0.5, 0.6) is 5.75 Å². The van der Waals surface area contributed by atoms with E-state index < -0.39 is 23.3 Å². The van der Waals surface area contributed by atoms with Gasteiger partial charge in [0.1, 0.15) is 17.0 Å². The van der Waals surface area contributed by atoms with Gasteiger partial charge in [0.2, 0.25) is 5.91 Å². The van der Waals surface area contributed by atoms with Crippen LogP contribution in [0.3, 0.4) is 0 Å². The van der Waals surface area contributed by atoms with Gasteiger partial charge < -0.3 is 39.3 Å². The molecule has 3 aliphatic heterocycles. The SMILES string of the molecule is CC(C)CC(Oc1cc(Br)c(Cl)cc1NCC1CN(C(=O)OC(C)(C)C)C1)C(=O)O.CC(C)CC1Cc2cc(Br)c(Cl)cc2N(CC2CN(C(=O)OC(C)(C)C)C2)C1=O. The number of hydrogen-bond donors (Lipinski definition) is 2. The lowest BCUT2D eigenvalue weighted by molar-refractivity contribution is -0.145. The first-order valence-electron chi connectivity index (χ1n) is 20.2. The van der Waals surface area contributed by atoms with Gasteiger partial charge in [-0.3, -0.25) is 4.79 Å². The number of nitrogens with zero attached hydrogens (tertiary/aromatic N) is 3. The number of benzene rings is 2. The first kappa shape index (κ1) is 48.7. The second kappa shape index (κ2) is 20.3. The van der Waals surface area contributed by atoms with Crippen molar-refractivity contribution in [2.45, 2.75) is 106 Å². The largest absolute Gasteiger partial charge is 0.479 e. The number of aliphatic carboxylic acids is 1. The number of ether oxygens (including phenoxy) is 3. The summed E-state index contributed by atoms with van der Waals surface area (Å²) in [5, 5.41) is 13.9. The summed E-state index contributed by atoms with van der Waals surface area (Å²) in [6, 6.07) is 7.31. The van der Waals surface area contributed by atoms with E-state index in [1.165, 1.54) is 0 Å². The molecule has 3 amide bonds. The minimum absolute atomic E-state index is 0.0161. The maximum Gasteiger partial charge on any atom is 0.410 e. The van der Waals surface area contributed by atoms with E-state index in [1.807, 2.05) is 72.4 Å². The molecular formula is C43H60Br2Cl2N4O8. The smallest absolute Gasteiger partial charge is 0.410 e. The summed E-state index contributed by atoms with van der Waals surface area (Å²) >= 11 is 19.4. The number of nitrogens with one attached hydrogen (secondary N) is 1. The number of anilines is 2. The van der Waals surface area contributed by atoms with Gasteiger partial charge in [-0.25, -0.2) is 14.4 Å². The summed E-state index contributed by atoms with van der Waals surface area (Å²) in [6.07, 6.45) is 0.445. The number of amides is 3. The Kier molecular flexibility index (Phi) is 16.8. The van der Waals surface area contributed by atoms with Crippen LogP contribution in [0.1, 0.15) is 87.6 Å². The molecule has 2 N–H and O–H groups in total. The predicted molar refractivity (Wildman–Crippen MR) is 240 cm³/mol. The third-order valence-corrected chi connectivity index (χ3v) is 12.1. The van der Waals surface area contributed by atoms with Crippen LogP contribution < -0.4 is 15.0 Å². The lowest BCUT2D eigenvalue weighted by atomic mass is 9.85. The Bertz CT molecular complexity index is 1840. The molecule has 2 saturated heterocycles. The van der Waals surface area contributed by atoms with Gasteiger partial charge in [0, 0.05) is 71.7 Å². The zero-order valence-corrected chi connectivity index (χ0v) is 40.5. The maximum atomic E-state index is 13.3. The van der Waals surface area contributed by atoms with Crippen molar-refractivity contribution in [2.24, 2.45) is 29.6 Å². The number of carboxylic acids is 1. The number of fused-ring (bicyclic) bond motifs is 1. The zero-order chi connectivity index (χ0) is 44.1. The number of rotatable bonds is 12. The highest BCUT2D eigenvalue weighted by Gasteiger charge is 2.40. The van der Waals surface area contributed by atoms with E-state index in [1.54, 1.807) is 21.9 Å². The van der Waals surface area contributed by atoms with E-state index in [0.29, 0.717) is 77.6 Å². The van der Waals surface area contributed by atoms with Crippen molar-refractivity contribution in [3.05, 3.63) is 48.8 Å². The molecule has 0 aliphatic carbocycles. The van der Waals surface area contributed by atoms with Crippen LogP contribution in [0, 0.1) is 29.6 Å². The molecule has 0 aromatic heterocycles. The number of halogens is 4. The van der Waals surface area contributed by atoms with E-state index >= 15 is 0 Å². The first-order chi connectivity index (χ1) is 27.3. The molecular weight excluding hydrogens is 931 g/mol. The fourth-order valence-electron chi connectivity index (χ4n) is 7.02. The van der Waals surface area contributed by atoms with Gasteiger partial charge in [-0.15, -0.1) is 0 Å². The van der Waals surface area contributed by atoms with Crippen molar-refractivity contribution >= 4 is 90.5 Å². The molecule has 328 valence electrons. The van der Waals surface area contributed by atoms with Gasteiger partial charge in [-0.1, -0.05) is 50.9 Å². The second-order valence-corrected chi connectivity index (χ2v) is 21.1. The molecule has 59 heavy (non-hydrogen) atoms. The van der Waals surface area contributed by atoms with Crippen molar-refractivity contribution in [2.75, 3.05) is 49.5 Å². The Labute approximate surface area is 376 Å². The lowest BCUT2D eigenvalue weighted by Gasteiger charge is -2.44. The number of carboxylic acid groups (broad SMARTS) is 1. The standard InChI is InChI=1S/C22H30BrClN2O3.C21H30BrClN2O5/c1-13(2)6-16-7-15-8-17(23)18(24)9-19(15)26(20(16)27)12-14-10-25(11-14)21(28)29-22(3,4)5;1-12(2)6-18(19(26)27)29-17-7-14(22)15(23)8-16(17)24-9-13-10-25(11-13)20(28)30-21(3,4)5/h8-9,13-14,16H,6-7,10-12H2,1-5H3;7-8,12-13,18,24H,6,9-11H2,1-5H3,(H,26,27).